The van der Waals surface area contributed by atoms with Gasteiger partial charge in [0.05, 0.1) is 18.3 Å². The van der Waals surface area contributed by atoms with E-state index in [1.165, 1.54) is 4.90 Å². The molecule has 1 unspecified atom stereocenters. The van der Waals surface area contributed by atoms with Gasteiger partial charge >= 0.3 is 0 Å². The van der Waals surface area contributed by atoms with Crippen LogP contribution in [0.5, 0.6) is 0 Å². The van der Waals surface area contributed by atoms with E-state index < -0.39 is 0 Å². The maximum absolute atomic E-state index is 11.8. The summed E-state index contributed by atoms with van der Waals surface area (Å²) in [5.74, 6) is -0.140. The van der Waals surface area contributed by atoms with Crippen LogP contribution >= 0.6 is 11.5 Å². The molecule has 1 aromatic rings. The van der Waals surface area contributed by atoms with Crippen LogP contribution in [0.4, 0.5) is 0 Å². The van der Waals surface area contributed by atoms with E-state index >= 15 is 0 Å². The molecular weight excluding hydrogens is 202 g/mol. The van der Waals surface area contributed by atoms with Gasteiger partial charge in [-0.3, -0.25) is 4.79 Å². The predicted octanol–water partition coefficient (Wildman–Crippen LogP) is 0.299. The molecule has 0 aliphatic heterocycles. The van der Waals surface area contributed by atoms with Crippen LogP contribution in [-0.2, 0) is 0 Å². The zero-order valence-corrected chi connectivity index (χ0v) is 9.21. The van der Waals surface area contributed by atoms with Crippen molar-refractivity contribution >= 4 is 17.4 Å². The molecular formula is C8H13N3O2S. The minimum absolute atomic E-state index is 0.0481. The molecule has 1 rings (SSSR count). The van der Waals surface area contributed by atoms with Gasteiger partial charge in [-0.1, -0.05) is 4.49 Å². The van der Waals surface area contributed by atoms with Gasteiger partial charge in [-0.2, -0.15) is 0 Å². The normalized spacial score (nSPS) is 12.6. The number of carbonyl (C=O) groups is 1. The Morgan fingerprint density at radius 3 is 2.79 bits per heavy atom. The first kappa shape index (κ1) is 11.1. The molecule has 0 bridgehead atoms. The third-order valence-electron chi connectivity index (χ3n) is 2.09. The summed E-state index contributed by atoms with van der Waals surface area (Å²) in [4.78, 5) is 13.8. The van der Waals surface area contributed by atoms with Crippen molar-refractivity contribution in [3.8, 4) is 0 Å². The quantitative estimate of drug-likeness (QED) is 0.787. The van der Waals surface area contributed by atoms with Crippen molar-refractivity contribution in [1.29, 1.82) is 0 Å². The summed E-state index contributed by atoms with van der Waals surface area (Å²) >= 11 is 1.08. The Morgan fingerprint density at radius 1 is 1.71 bits per heavy atom. The maximum Gasteiger partial charge on any atom is 0.267 e. The predicted molar refractivity (Wildman–Crippen MR) is 53.3 cm³/mol. The summed E-state index contributed by atoms with van der Waals surface area (Å²) < 4.78 is 3.69. The molecule has 0 aliphatic carbocycles. The molecule has 6 heteroatoms. The van der Waals surface area contributed by atoms with Crippen molar-refractivity contribution in [1.82, 2.24) is 14.5 Å². The van der Waals surface area contributed by atoms with Crippen LogP contribution in [-0.4, -0.2) is 45.2 Å². The SMILES string of the molecule is Cc1nnsc1C(=O)N(C)C(C)CO. The van der Waals surface area contributed by atoms with Crippen LogP contribution in [0.2, 0.25) is 0 Å². The Bertz CT molecular complexity index is 326. The number of nitrogens with zero attached hydrogens (tertiary/aromatic N) is 3. The van der Waals surface area contributed by atoms with E-state index in [9.17, 15) is 4.79 Å². The molecule has 14 heavy (non-hydrogen) atoms. The van der Waals surface area contributed by atoms with Crippen LogP contribution in [0.1, 0.15) is 22.3 Å². The van der Waals surface area contributed by atoms with Gasteiger partial charge < -0.3 is 10.0 Å². The van der Waals surface area contributed by atoms with Crippen molar-refractivity contribution in [3.63, 3.8) is 0 Å². The summed E-state index contributed by atoms with van der Waals surface area (Å²) in [5.41, 5.74) is 0.636. The standard InChI is InChI=1S/C8H13N3O2S/c1-5(4-12)11(3)8(13)7-6(2)9-10-14-7/h5,12H,4H2,1-3H3. The van der Waals surface area contributed by atoms with Crippen LogP contribution in [0.15, 0.2) is 0 Å². The lowest BCUT2D eigenvalue weighted by molar-refractivity contribution is 0.0686. The molecule has 0 aliphatic rings. The van der Waals surface area contributed by atoms with Gasteiger partial charge in [-0.25, -0.2) is 0 Å². The highest BCUT2D eigenvalue weighted by Crippen LogP contribution is 2.13. The van der Waals surface area contributed by atoms with Crippen molar-refractivity contribution < 1.29 is 9.90 Å². The number of aliphatic hydroxyl groups is 1. The number of aromatic nitrogens is 2. The average Bonchev–Trinajstić information content (AvgIpc) is 2.61. The Kier molecular flexibility index (Phi) is 3.54. The molecule has 1 aromatic heterocycles. The molecule has 1 amide bonds. The molecule has 0 fully saturated rings. The Labute approximate surface area is 86.5 Å². The van der Waals surface area contributed by atoms with E-state index in [-0.39, 0.29) is 18.6 Å². The summed E-state index contributed by atoms with van der Waals surface area (Å²) in [5, 5.41) is 12.7. The minimum atomic E-state index is -0.191. The Hall–Kier alpha value is -1.01. The highest BCUT2D eigenvalue weighted by atomic mass is 32.1. The zero-order valence-electron chi connectivity index (χ0n) is 8.39. The van der Waals surface area contributed by atoms with E-state index in [2.05, 4.69) is 9.59 Å². The highest BCUT2D eigenvalue weighted by molar-refractivity contribution is 7.07. The van der Waals surface area contributed by atoms with Crippen molar-refractivity contribution in [2.75, 3.05) is 13.7 Å². The van der Waals surface area contributed by atoms with Crippen molar-refractivity contribution in [2.45, 2.75) is 19.9 Å². The van der Waals surface area contributed by atoms with Crippen LogP contribution in [0.3, 0.4) is 0 Å². The Morgan fingerprint density at radius 2 is 2.36 bits per heavy atom. The smallest absolute Gasteiger partial charge is 0.267 e. The number of aryl methyl sites for hydroxylation is 1. The molecule has 0 spiro atoms. The second kappa shape index (κ2) is 4.47. The number of carbonyl (C=O) groups excluding carboxylic acids is 1. The second-order valence-corrected chi connectivity index (χ2v) is 3.89. The van der Waals surface area contributed by atoms with Gasteiger partial charge in [0.15, 0.2) is 0 Å². The zero-order chi connectivity index (χ0) is 10.7. The molecule has 0 aromatic carbocycles. The van der Waals surface area contributed by atoms with Gasteiger partial charge in [0.2, 0.25) is 0 Å². The Balaban J connectivity index is 2.81. The summed E-state index contributed by atoms with van der Waals surface area (Å²) in [7, 11) is 1.66. The highest BCUT2D eigenvalue weighted by Gasteiger charge is 2.20. The van der Waals surface area contributed by atoms with Crippen LogP contribution in [0.25, 0.3) is 0 Å². The van der Waals surface area contributed by atoms with Crippen molar-refractivity contribution in [3.05, 3.63) is 10.6 Å². The third kappa shape index (κ3) is 2.08. The fourth-order valence-electron chi connectivity index (χ4n) is 0.911. The summed E-state index contributed by atoms with van der Waals surface area (Å²) in [6.07, 6.45) is 0. The molecule has 1 heterocycles. The lowest BCUT2D eigenvalue weighted by Gasteiger charge is -2.22. The number of rotatable bonds is 3. The maximum atomic E-state index is 11.8. The first-order valence-electron chi connectivity index (χ1n) is 4.25. The van der Waals surface area contributed by atoms with Gasteiger partial charge in [-0.05, 0) is 25.4 Å². The van der Waals surface area contributed by atoms with Gasteiger partial charge in [-0.15, -0.1) is 5.10 Å². The molecule has 5 nitrogen and oxygen atoms in total. The van der Waals surface area contributed by atoms with E-state index in [0.29, 0.717) is 10.6 Å². The molecule has 0 saturated carbocycles. The van der Waals surface area contributed by atoms with E-state index in [1.54, 1.807) is 20.9 Å². The summed E-state index contributed by atoms with van der Waals surface area (Å²) in [6.45, 7) is 3.48. The molecule has 1 N–H and O–H groups in total. The van der Waals surface area contributed by atoms with Gasteiger partial charge in [0.25, 0.3) is 5.91 Å². The van der Waals surface area contributed by atoms with E-state index in [1.807, 2.05) is 0 Å². The lowest BCUT2D eigenvalue weighted by Crippen LogP contribution is -2.37. The third-order valence-corrected chi connectivity index (χ3v) is 2.91. The monoisotopic (exact) mass is 215 g/mol. The van der Waals surface area contributed by atoms with Gasteiger partial charge in [0.1, 0.15) is 4.88 Å². The second-order valence-electron chi connectivity index (χ2n) is 3.14. The molecule has 0 saturated heterocycles. The van der Waals surface area contributed by atoms with Crippen LogP contribution in [0, 0.1) is 6.92 Å². The van der Waals surface area contributed by atoms with Crippen molar-refractivity contribution in [2.24, 2.45) is 0 Å². The van der Waals surface area contributed by atoms with E-state index in [0.717, 1.165) is 11.5 Å². The fourth-order valence-corrected chi connectivity index (χ4v) is 1.55. The molecule has 0 radical (unpaired) electrons. The number of hydrogen-bond acceptors (Lipinski definition) is 5. The first-order valence-corrected chi connectivity index (χ1v) is 5.02. The minimum Gasteiger partial charge on any atom is -0.394 e. The average molecular weight is 215 g/mol. The summed E-state index contributed by atoms with van der Waals surface area (Å²) in [6, 6.07) is -0.191. The number of aliphatic hydroxyl groups excluding tert-OH is 1. The van der Waals surface area contributed by atoms with Gasteiger partial charge in [0, 0.05) is 7.05 Å². The number of hydrogen-bond donors (Lipinski definition) is 1. The topological polar surface area (TPSA) is 66.3 Å². The number of likely N-dealkylation sites (N-methyl/N-ethyl adjacent to an activating group) is 1. The lowest BCUT2D eigenvalue weighted by atomic mass is 10.3. The van der Waals surface area contributed by atoms with E-state index in [4.69, 9.17) is 5.11 Å². The number of amides is 1. The first-order chi connectivity index (χ1) is 6.57. The molecule has 78 valence electrons. The fraction of sp³-hybridized carbons (Fsp3) is 0.625. The van der Waals surface area contributed by atoms with Crippen LogP contribution < -0.4 is 0 Å². The largest absolute Gasteiger partial charge is 0.394 e. The molecule has 1 atom stereocenters.